The van der Waals surface area contributed by atoms with E-state index in [2.05, 4.69) is 30.4 Å². The summed E-state index contributed by atoms with van der Waals surface area (Å²) in [5.74, 6) is -0.221. The summed E-state index contributed by atoms with van der Waals surface area (Å²) in [6.45, 7) is 9.63. The second-order valence-corrected chi connectivity index (χ2v) is 5.07. The molecule has 1 aromatic heterocycles. The number of nitrogens with zero attached hydrogens (tertiary/aromatic N) is 1. The number of benzene rings is 1. The number of fused-ring (bicyclic) bond motifs is 1. The van der Waals surface area contributed by atoms with Gasteiger partial charge in [-0.2, -0.15) is 0 Å². The molecule has 1 N–H and O–H groups in total. The van der Waals surface area contributed by atoms with Gasteiger partial charge in [0.25, 0.3) is 0 Å². The first-order valence-corrected chi connectivity index (χ1v) is 7.15. The van der Waals surface area contributed by atoms with Crippen LogP contribution in [-0.2, 0) is 4.74 Å². The average Bonchev–Trinajstić information content (AvgIpc) is 3.01. The lowest BCUT2D eigenvalue weighted by molar-refractivity contribution is 0.375. The fourth-order valence-electron chi connectivity index (χ4n) is 2.18. The number of aromatic amines is 1. The maximum atomic E-state index is 13.4. The lowest BCUT2D eigenvalue weighted by Crippen LogP contribution is -1.92. The molecule has 1 fully saturated rings. The Bertz CT molecular complexity index is 664. The van der Waals surface area contributed by atoms with E-state index in [1.807, 2.05) is 13.0 Å². The van der Waals surface area contributed by atoms with Crippen LogP contribution < -0.4 is 0 Å². The van der Waals surface area contributed by atoms with Crippen molar-refractivity contribution in [2.45, 2.75) is 39.4 Å². The van der Waals surface area contributed by atoms with Crippen molar-refractivity contribution in [3.05, 3.63) is 48.6 Å². The largest absolute Gasteiger partial charge is 0.370 e. The number of H-pyrrole nitrogens is 1. The van der Waals surface area contributed by atoms with Crippen LogP contribution in [0.5, 0.6) is 0 Å². The van der Waals surface area contributed by atoms with Crippen molar-refractivity contribution in [3.8, 4) is 0 Å². The molecule has 0 radical (unpaired) electrons. The van der Waals surface area contributed by atoms with Gasteiger partial charge in [-0.3, -0.25) is 4.99 Å². The van der Waals surface area contributed by atoms with Gasteiger partial charge in [0.15, 0.2) is 0 Å². The summed E-state index contributed by atoms with van der Waals surface area (Å²) in [6, 6.07) is 6.72. The first-order chi connectivity index (χ1) is 10.1. The molecule has 0 aliphatic carbocycles. The van der Waals surface area contributed by atoms with Crippen molar-refractivity contribution in [2.75, 3.05) is 0 Å². The summed E-state index contributed by atoms with van der Waals surface area (Å²) in [4.78, 5) is 7.15. The number of hydrogen-bond acceptors (Lipinski definition) is 2. The zero-order valence-corrected chi connectivity index (χ0v) is 12.7. The van der Waals surface area contributed by atoms with E-state index in [1.54, 1.807) is 12.1 Å². The Hall–Kier alpha value is -1.94. The van der Waals surface area contributed by atoms with Crippen molar-refractivity contribution < 1.29 is 10.6 Å². The maximum absolute atomic E-state index is 13.4. The molecule has 1 aliphatic heterocycles. The second-order valence-electron chi connectivity index (χ2n) is 5.07. The zero-order valence-electron chi connectivity index (χ0n) is 12.7. The summed E-state index contributed by atoms with van der Waals surface area (Å²) in [6.07, 6.45) is 3.82. The Labute approximate surface area is 126 Å². The van der Waals surface area contributed by atoms with Gasteiger partial charge in [0.05, 0.1) is 23.6 Å². The molecule has 2 atom stereocenters. The van der Waals surface area contributed by atoms with Gasteiger partial charge in [-0.15, -0.1) is 0 Å². The Morgan fingerprint density at radius 2 is 2.29 bits per heavy atom. The van der Waals surface area contributed by atoms with Gasteiger partial charge >= 0.3 is 0 Å². The van der Waals surface area contributed by atoms with Crippen molar-refractivity contribution >= 4 is 16.6 Å². The van der Waals surface area contributed by atoms with Gasteiger partial charge in [-0.1, -0.05) is 19.6 Å². The lowest BCUT2D eigenvalue weighted by Gasteiger charge is -1.91. The molecule has 0 saturated carbocycles. The van der Waals surface area contributed by atoms with Crippen LogP contribution in [0.3, 0.4) is 0 Å². The van der Waals surface area contributed by atoms with E-state index in [0.29, 0.717) is 17.6 Å². The van der Waals surface area contributed by atoms with Gasteiger partial charge in [0, 0.05) is 18.5 Å². The Morgan fingerprint density at radius 3 is 2.76 bits per heavy atom. The van der Waals surface area contributed by atoms with E-state index in [1.165, 1.54) is 18.7 Å². The van der Waals surface area contributed by atoms with Crippen LogP contribution in [0.15, 0.2) is 42.0 Å². The molecule has 0 spiro atoms. The molecule has 114 valence electrons. The molecular weight excluding hydrogens is 267 g/mol. The van der Waals surface area contributed by atoms with E-state index in [9.17, 15) is 4.39 Å². The van der Waals surface area contributed by atoms with E-state index in [4.69, 9.17) is 4.74 Å². The first-order valence-electron chi connectivity index (χ1n) is 7.15. The van der Waals surface area contributed by atoms with Gasteiger partial charge in [0.1, 0.15) is 5.82 Å². The normalized spacial score (nSPS) is 20.9. The number of epoxide rings is 1. The van der Waals surface area contributed by atoms with E-state index >= 15 is 0 Å². The fourth-order valence-corrected chi connectivity index (χ4v) is 2.18. The smallest absolute Gasteiger partial charge is 0.132 e. The highest BCUT2D eigenvalue weighted by atomic mass is 19.1. The predicted molar refractivity (Wildman–Crippen MR) is 87.4 cm³/mol. The third kappa shape index (κ3) is 3.79. The molecular formula is C17H23FN2O. The monoisotopic (exact) mass is 290 g/mol. The van der Waals surface area contributed by atoms with Gasteiger partial charge in [-0.25, -0.2) is 4.39 Å². The fraction of sp³-hybridized carbons (Fsp3) is 0.353. The Kier molecular flexibility index (Phi) is 4.91. The minimum absolute atomic E-state index is 0. The molecule has 21 heavy (non-hydrogen) atoms. The second kappa shape index (κ2) is 6.68. The number of rotatable bonds is 3. The van der Waals surface area contributed by atoms with Crippen LogP contribution in [-0.4, -0.2) is 22.9 Å². The van der Waals surface area contributed by atoms with Gasteiger partial charge < -0.3 is 9.72 Å². The molecule has 1 saturated heterocycles. The molecule has 2 unspecified atom stereocenters. The molecule has 2 aromatic rings. The average molecular weight is 290 g/mol. The van der Waals surface area contributed by atoms with Crippen molar-refractivity contribution in [3.63, 3.8) is 0 Å². The SMILES string of the molecule is C=CN=C(C)c1cc2c(F)cccc2[nH]1.CCC1OC1C.[HH]. The highest BCUT2D eigenvalue weighted by Gasteiger charge is 2.31. The van der Waals surface area contributed by atoms with E-state index in [0.717, 1.165) is 16.9 Å². The van der Waals surface area contributed by atoms with Gasteiger partial charge in [-0.05, 0) is 38.5 Å². The first kappa shape index (κ1) is 15.4. The Balaban J connectivity index is 0.000000293. The zero-order chi connectivity index (χ0) is 15.4. The number of ether oxygens (including phenoxy) is 1. The van der Waals surface area contributed by atoms with Crippen LogP contribution in [0.4, 0.5) is 4.39 Å². The summed E-state index contributed by atoms with van der Waals surface area (Å²) in [5, 5.41) is 0.589. The maximum Gasteiger partial charge on any atom is 0.132 e. The number of halogens is 1. The van der Waals surface area contributed by atoms with Crippen LogP contribution in [0.2, 0.25) is 0 Å². The summed E-state index contributed by atoms with van der Waals surface area (Å²) in [5.41, 5.74) is 2.39. The van der Waals surface area contributed by atoms with Crippen LogP contribution in [0.25, 0.3) is 10.9 Å². The number of nitrogens with one attached hydrogen (secondary N) is 1. The quantitative estimate of drug-likeness (QED) is 0.646. The number of hydrogen-bond donors (Lipinski definition) is 1. The molecule has 3 rings (SSSR count). The molecule has 3 nitrogen and oxygen atoms in total. The Morgan fingerprint density at radius 1 is 1.57 bits per heavy atom. The molecule has 0 bridgehead atoms. The summed E-state index contributed by atoms with van der Waals surface area (Å²) >= 11 is 0. The predicted octanol–water partition coefficient (Wildman–Crippen LogP) is 4.69. The highest BCUT2D eigenvalue weighted by molar-refractivity contribution is 6.01. The minimum atomic E-state index is -0.221. The summed E-state index contributed by atoms with van der Waals surface area (Å²) in [7, 11) is 0. The van der Waals surface area contributed by atoms with Crippen LogP contribution in [0.1, 0.15) is 34.3 Å². The van der Waals surface area contributed by atoms with E-state index in [-0.39, 0.29) is 7.24 Å². The molecule has 4 heteroatoms. The third-order valence-corrected chi connectivity index (χ3v) is 3.52. The van der Waals surface area contributed by atoms with Gasteiger partial charge in [0.2, 0.25) is 0 Å². The third-order valence-electron chi connectivity index (χ3n) is 3.52. The topological polar surface area (TPSA) is 40.7 Å². The van der Waals surface area contributed by atoms with Crippen molar-refractivity contribution in [2.24, 2.45) is 4.99 Å². The van der Waals surface area contributed by atoms with Crippen LogP contribution >= 0.6 is 0 Å². The van der Waals surface area contributed by atoms with Crippen molar-refractivity contribution in [1.29, 1.82) is 0 Å². The molecule has 2 heterocycles. The van der Waals surface area contributed by atoms with Crippen molar-refractivity contribution in [1.82, 2.24) is 4.98 Å². The van der Waals surface area contributed by atoms with Crippen LogP contribution in [0, 0.1) is 5.82 Å². The standard InChI is InChI=1S/C12H11FN2.C5H10O.H2/c1-3-14-8(2)12-7-9-10(13)5-4-6-11(9)15-12;1-3-5-4(2)6-5;/h3-7,15H,1H2,2H3;4-5H,3H2,1-2H3;1H. The number of aliphatic imine (C=N–C) groups is 1. The number of aromatic nitrogens is 1. The van der Waals surface area contributed by atoms with E-state index < -0.39 is 0 Å². The molecule has 1 aromatic carbocycles. The molecule has 0 amide bonds. The highest BCUT2D eigenvalue weighted by Crippen LogP contribution is 2.23. The summed E-state index contributed by atoms with van der Waals surface area (Å²) < 4.78 is 18.4. The lowest BCUT2D eigenvalue weighted by atomic mass is 10.2. The minimum Gasteiger partial charge on any atom is -0.370 e. The molecule has 1 aliphatic rings.